The molecule has 2 rings (SSSR count). The molecule has 0 bridgehead atoms. The number of para-hydroxylation sites is 1. The smallest absolute Gasteiger partial charge is 0.277 e. The van der Waals surface area contributed by atoms with Crippen molar-refractivity contribution in [2.24, 2.45) is 0 Å². The van der Waals surface area contributed by atoms with E-state index in [4.69, 9.17) is 5.11 Å². The van der Waals surface area contributed by atoms with Crippen molar-refractivity contribution in [3.8, 4) is 11.8 Å². The summed E-state index contributed by atoms with van der Waals surface area (Å²) in [5.41, 5.74) is 1.49. The topological polar surface area (TPSA) is 75.1 Å². The first-order valence-corrected chi connectivity index (χ1v) is 5.92. The summed E-state index contributed by atoms with van der Waals surface area (Å²) in [6.07, 6.45) is 0. The fourth-order valence-electron chi connectivity index (χ4n) is 1.29. The summed E-state index contributed by atoms with van der Waals surface area (Å²) in [6.45, 7) is -0.224. The summed E-state index contributed by atoms with van der Waals surface area (Å²) in [4.78, 5) is 11.8. The van der Waals surface area contributed by atoms with E-state index in [0.717, 1.165) is 11.5 Å². The van der Waals surface area contributed by atoms with Crippen LogP contribution in [0.15, 0.2) is 29.6 Å². The lowest BCUT2D eigenvalue weighted by Crippen LogP contribution is -2.13. The Bertz CT molecular complexity index is 599. The maximum Gasteiger partial charge on any atom is 0.277 e. The highest BCUT2D eigenvalue weighted by molar-refractivity contribution is 7.03. The number of benzene rings is 1. The van der Waals surface area contributed by atoms with Crippen molar-refractivity contribution >= 4 is 23.1 Å². The molecule has 1 heterocycles. The minimum absolute atomic E-state index is 0.224. The van der Waals surface area contributed by atoms with Crippen LogP contribution in [0.4, 0.5) is 5.69 Å². The Morgan fingerprint density at radius 1 is 1.44 bits per heavy atom. The predicted molar refractivity (Wildman–Crippen MR) is 68.3 cm³/mol. The highest BCUT2D eigenvalue weighted by Gasteiger charge is 2.10. The van der Waals surface area contributed by atoms with Crippen LogP contribution < -0.4 is 5.32 Å². The molecule has 90 valence electrons. The Hall–Kier alpha value is -2.23. The zero-order valence-corrected chi connectivity index (χ0v) is 10.1. The van der Waals surface area contributed by atoms with E-state index in [1.165, 1.54) is 0 Å². The summed E-state index contributed by atoms with van der Waals surface area (Å²) in [5, 5.41) is 16.6. The quantitative estimate of drug-likeness (QED) is 0.793. The molecule has 2 aromatic rings. The molecule has 5 nitrogen and oxygen atoms in total. The summed E-state index contributed by atoms with van der Waals surface area (Å²) in [7, 11) is 0. The molecule has 1 aromatic heterocycles. The van der Waals surface area contributed by atoms with E-state index in [1.54, 1.807) is 29.6 Å². The van der Waals surface area contributed by atoms with Gasteiger partial charge in [-0.2, -0.15) is 0 Å². The number of hydrogen-bond acceptors (Lipinski definition) is 5. The molecule has 2 N–H and O–H groups in total. The second kappa shape index (κ2) is 5.91. The van der Waals surface area contributed by atoms with Crippen LogP contribution in [-0.4, -0.2) is 27.2 Å². The molecular weight excluding hydrogens is 250 g/mol. The lowest BCUT2D eigenvalue weighted by molar-refractivity contribution is 0.102. The van der Waals surface area contributed by atoms with Gasteiger partial charge in [0.1, 0.15) is 6.61 Å². The first-order valence-electron chi connectivity index (χ1n) is 5.08. The molecular formula is C12H9N3O2S. The number of nitrogens with zero attached hydrogens (tertiary/aromatic N) is 2. The number of amides is 1. The minimum Gasteiger partial charge on any atom is -0.384 e. The van der Waals surface area contributed by atoms with Gasteiger partial charge in [0.15, 0.2) is 5.69 Å². The number of nitrogens with one attached hydrogen (secondary N) is 1. The van der Waals surface area contributed by atoms with E-state index in [1.807, 2.05) is 0 Å². The largest absolute Gasteiger partial charge is 0.384 e. The van der Waals surface area contributed by atoms with Gasteiger partial charge < -0.3 is 10.4 Å². The minimum atomic E-state index is -0.331. The summed E-state index contributed by atoms with van der Waals surface area (Å²) < 4.78 is 3.63. The van der Waals surface area contributed by atoms with Gasteiger partial charge in [-0.05, 0) is 23.7 Å². The van der Waals surface area contributed by atoms with Gasteiger partial charge in [-0.1, -0.05) is 28.5 Å². The summed E-state index contributed by atoms with van der Waals surface area (Å²) >= 11 is 1.11. The third-order valence-electron chi connectivity index (χ3n) is 2.07. The second-order valence-corrected chi connectivity index (χ2v) is 3.86. The second-order valence-electron chi connectivity index (χ2n) is 3.25. The first-order chi connectivity index (χ1) is 8.81. The maximum absolute atomic E-state index is 11.8. The fraction of sp³-hybridized carbons (Fsp3) is 0.0833. The van der Waals surface area contributed by atoms with E-state index in [9.17, 15) is 4.79 Å². The number of aliphatic hydroxyl groups excluding tert-OH is 1. The maximum atomic E-state index is 11.8. The standard InChI is InChI=1S/C12H9N3O2S/c16-7-3-5-9-4-1-2-6-10(9)13-12(17)11-8-18-15-14-11/h1-2,4,6,8,16H,7H2,(H,13,17). The van der Waals surface area contributed by atoms with Gasteiger partial charge in [-0.3, -0.25) is 4.79 Å². The molecule has 0 aliphatic heterocycles. The molecule has 0 saturated heterocycles. The van der Waals surface area contributed by atoms with Crippen LogP contribution in [0.2, 0.25) is 0 Å². The molecule has 0 aliphatic carbocycles. The van der Waals surface area contributed by atoms with Crippen LogP contribution in [0.25, 0.3) is 0 Å². The van der Waals surface area contributed by atoms with Crippen LogP contribution in [0, 0.1) is 11.8 Å². The van der Waals surface area contributed by atoms with Gasteiger partial charge in [0, 0.05) is 10.9 Å². The molecule has 0 unspecified atom stereocenters. The normalized spacial score (nSPS) is 9.39. The van der Waals surface area contributed by atoms with Gasteiger partial charge >= 0.3 is 0 Å². The Morgan fingerprint density at radius 2 is 2.28 bits per heavy atom. The Morgan fingerprint density at radius 3 is 3.00 bits per heavy atom. The van der Waals surface area contributed by atoms with Gasteiger partial charge in [0.2, 0.25) is 0 Å². The van der Waals surface area contributed by atoms with Crippen molar-refractivity contribution in [1.82, 2.24) is 9.59 Å². The van der Waals surface area contributed by atoms with Crippen LogP contribution in [0.5, 0.6) is 0 Å². The number of rotatable bonds is 2. The summed E-state index contributed by atoms with van der Waals surface area (Å²) in [6, 6.07) is 7.09. The molecule has 0 radical (unpaired) electrons. The van der Waals surface area contributed by atoms with Crippen molar-refractivity contribution < 1.29 is 9.90 Å². The van der Waals surface area contributed by atoms with Gasteiger partial charge in [0.05, 0.1) is 5.69 Å². The molecule has 0 fully saturated rings. The fourth-order valence-corrected chi connectivity index (χ4v) is 1.72. The van der Waals surface area contributed by atoms with Crippen LogP contribution >= 0.6 is 11.5 Å². The Kier molecular flexibility index (Phi) is 4.02. The summed E-state index contributed by atoms with van der Waals surface area (Å²) in [5.74, 6) is 4.98. The molecule has 18 heavy (non-hydrogen) atoms. The van der Waals surface area contributed by atoms with E-state index in [-0.39, 0.29) is 18.2 Å². The number of carbonyl (C=O) groups is 1. The van der Waals surface area contributed by atoms with Gasteiger partial charge in [-0.25, -0.2) is 0 Å². The predicted octanol–water partition coefficient (Wildman–Crippen LogP) is 1.13. The molecule has 1 amide bonds. The zero-order chi connectivity index (χ0) is 12.8. The third kappa shape index (κ3) is 2.91. The number of hydrogen-bond donors (Lipinski definition) is 2. The number of carbonyl (C=O) groups excluding carboxylic acids is 1. The monoisotopic (exact) mass is 259 g/mol. The molecule has 0 aliphatic rings. The van der Waals surface area contributed by atoms with Crippen LogP contribution in [0.1, 0.15) is 16.1 Å². The van der Waals surface area contributed by atoms with E-state index in [2.05, 4.69) is 26.7 Å². The molecule has 0 saturated carbocycles. The van der Waals surface area contributed by atoms with Crippen LogP contribution in [0.3, 0.4) is 0 Å². The first kappa shape index (κ1) is 12.2. The van der Waals surface area contributed by atoms with Crippen LogP contribution in [-0.2, 0) is 0 Å². The van der Waals surface area contributed by atoms with Crippen molar-refractivity contribution in [3.05, 3.63) is 40.9 Å². The van der Waals surface area contributed by atoms with Crippen molar-refractivity contribution in [2.45, 2.75) is 0 Å². The van der Waals surface area contributed by atoms with E-state index >= 15 is 0 Å². The lowest BCUT2D eigenvalue weighted by Gasteiger charge is -2.05. The zero-order valence-electron chi connectivity index (χ0n) is 9.25. The average molecular weight is 259 g/mol. The molecule has 1 aromatic carbocycles. The number of anilines is 1. The van der Waals surface area contributed by atoms with E-state index in [0.29, 0.717) is 11.3 Å². The SMILES string of the molecule is O=C(Nc1ccccc1C#CCO)c1csnn1. The molecule has 0 spiro atoms. The number of aliphatic hydroxyl groups is 1. The average Bonchev–Trinajstić information content (AvgIpc) is 2.91. The van der Waals surface area contributed by atoms with Gasteiger partial charge in [-0.15, -0.1) is 5.10 Å². The van der Waals surface area contributed by atoms with Crippen molar-refractivity contribution in [1.29, 1.82) is 0 Å². The Balaban J connectivity index is 2.21. The highest BCUT2D eigenvalue weighted by Crippen LogP contribution is 2.14. The third-order valence-corrected chi connectivity index (χ3v) is 2.57. The number of aromatic nitrogens is 2. The van der Waals surface area contributed by atoms with Crippen molar-refractivity contribution in [3.63, 3.8) is 0 Å². The molecule has 6 heteroatoms. The van der Waals surface area contributed by atoms with E-state index < -0.39 is 0 Å². The van der Waals surface area contributed by atoms with Crippen molar-refractivity contribution in [2.75, 3.05) is 11.9 Å². The Labute approximate surface area is 108 Å². The lowest BCUT2D eigenvalue weighted by atomic mass is 10.2. The van der Waals surface area contributed by atoms with Gasteiger partial charge in [0.25, 0.3) is 5.91 Å². The highest BCUT2D eigenvalue weighted by atomic mass is 32.1. The molecule has 0 atom stereocenters.